The van der Waals surface area contributed by atoms with E-state index in [1.165, 1.54) is 6.33 Å². The molecule has 1 amide bonds. The van der Waals surface area contributed by atoms with Gasteiger partial charge in [-0.25, -0.2) is 9.97 Å². The lowest BCUT2D eigenvalue weighted by atomic mass is 10.2. The molecule has 0 radical (unpaired) electrons. The fourth-order valence-corrected chi connectivity index (χ4v) is 4.00. The van der Waals surface area contributed by atoms with Gasteiger partial charge in [0.15, 0.2) is 0 Å². The monoisotopic (exact) mass is 520 g/mol. The Morgan fingerprint density at radius 3 is 2.70 bits per heavy atom. The second kappa shape index (κ2) is 12.3. The molecule has 4 aromatic rings. The number of hydrogen-bond acceptors (Lipinski definition) is 8. The highest BCUT2D eigenvalue weighted by molar-refractivity contribution is 6.32. The van der Waals surface area contributed by atoms with Crippen LogP contribution in [0.1, 0.15) is 12.6 Å². The number of carbonyl (C=O) groups is 1. The lowest BCUT2D eigenvalue weighted by molar-refractivity contribution is -0.129. The van der Waals surface area contributed by atoms with Gasteiger partial charge in [0, 0.05) is 18.9 Å². The van der Waals surface area contributed by atoms with E-state index in [-0.39, 0.29) is 18.6 Å². The maximum Gasteiger partial charge on any atom is 0.236 e. The van der Waals surface area contributed by atoms with Crippen molar-refractivity contribution < 1.29 is 14.3 Å². The molecule has 0 spiro atoms. The Bertz CT molecular complexity index is 1350. The Morgan fingerprint density at radius 2 is 1.95 bits per heavy atom. The molecule has 1 atom stereocenters. The maximum atomic E-state index is 12.1. The lowest BCUT2D eigenvalue weighted by Crippen LogP contribution is -2.39. The van der Waals surface area contributed by atoms with Gasteiger partial charge in [0.2, 0.25) is 5.91 Å². The molecular weight excluding hydrogens is 492 g/mol. The van der Waals surface area contributed by atoms with Crippen LogP contribution < -0.4 is 20.1 Å². The fraction of sp³-hybridized carbons (Fsp3) is 0.259. The number of aromatic nitrogens is 3. The van der Waals surface area contributed by atoms with Crippen molar-refractivity contribution in [2.75, 3.05) is 32.5 Å². The number of carbonyl (C=O) groups excluding carboxylic acids is 1. The quantitative estimate of drug-likeness (QED) is 0.299. The van der Waals surface area contributed by atoms with Gasteiger partial charge in [0.25, 0.3) is 0 Å². The number of nitrogens with one attached hydrogen (secondary N) is 2. The molecule has 0 saturated heterocycles. The zero-order chi connectivity index (χ0) is 26.2. The molecule has 0 fully saturated rings. The summed E-state index contributed by atoms with van der Waals surface area (Å²) in [5.41, 5.74) is 2.27. The summed E-state index contributed by atoms with van der Waals surface area (Å²) in [5, 5.41) is 7.38. The van der Waals surface area contributed by atoms with Crippen LogP contribution in [-0.4, -0.2) is 59.0 Å². The normalized spacial score (nSPS) is 11.7. The van der Waals surface area contributed by atoms with Crippen LogP contribution in [0, 0.1) is 0 Å². The molecule has 0 aliphatic carbocycles. The molecule has 2 heterocycles. The molecule has 9 nitrogen and oxygen atoms in total. The van der Waals surface area contributed by atoms with Crippen molar-refractivity contribution in [2.45, 2.75) is 19.6 Å². The zero-order valence-electron chi connectivity index (χ0n) is 20.9. The molecule has 0 unspecified atom stereocenters. The molecule has 10 heteroatoms. The smallest absolute Gasteiger partial charge is 0.236 e. The number of rotatable bonds is 11. The second-order valence-corrected chi connectivity index (χ2v) is 8.89. The number of likely N-dealkylation sites (N-methyl/N-ethyl adjacent to an activating group) is 2. The van der Waals surface area contributed by atoms with Crippen molar-refractivity contribution in [1.82, 2.24) is 25.2 Å². The van der Waals surface area contributed by atoms with E-state index in [9.17, 15) is 4.79 Å². The largest absolute Gasteiger partial charge is 0.488 e. The first-order valence-electron chi connectivity index (χ1n) is 11.8. The summed E-state index contributed by atoms with van der Waals surface area (Å²) in [6.45, 7) is 2.94. The maximum absolute atomic E-state index is 12.1. The van der Waals surface area contributed by atoms with Gasteiger partial charge in [-0.1, -0.05) is 23.7 Å². The number of halogens is 1. The topological polar surface area (TPSA) is 102 Å². The van der Waals surface area contributed by atoms with Crippen molar-refractivity contribution in [3.05, 3.63) is 77.8 Å². The first-order chi connectivity index (χ1) is 17.9. The van der Waals surface area contributed by atoms with E-state index in [0.29, 0.717) is 35.5 Å². The van der Waals surface area contributed by atoms with E-state index in [1.54, 1.807) is 37.3 Å². The first kappa shape index (κ1) is 26.1. The molecule has 37 heavy (non-hydrogen) atoms. The van der Waals surface area contributed by atoms with E-state index in [1.807, 2.05) is 49.4 Å². The molecule has 4 rings (SSSR count). The van der Waals surface area contributed by atoms with E-state index < -0.39 is 0 Å². The SMILES string of the molecule is CNCC(=O)N(C)C[C@@H](C)Oc1cccc2ncnc(Nc3ccc(OCc4ccccn4)c(Cl)c3)c12. The van der Waals surface area contributed by atoms with Crippen molar-refractivity contribution >= 4 is 39.9 Å². The van der Waals surface area contributed by atoms with Gasteiger partial charge in [-0.3, -0.25) is 9.78 Å². The number of ether oxygens (including phenoxy) is 2. The number of hydrogen-bond donors (Lipinski definition) is 2. The number of amides is 1. The summed E-state index contributed by atoms with van der Waals surface area (Å²) < 4.78 is 12.1. The lowest BCUT2D eigenvalue weighted by Gasteiger charge is -2.23. The third-order valence-electron chi connectivity index (χ3n) is 5.53. The minimum Gasteiger partial charge on any atom is -0.488 e. The van der Waals surface area contributed by atoms with Gasteiger partial charge in [0.05, 0.1) is 34.7 Å². The number of nitrogens with zero attached hydrogens (tertiary/aromatic N) is 4. The Kier molecular flexibility index (Phi) is 8.71. The average Bonchev–Trinajstić information content (AvgIpc) is 2.89. The Hall–Kier alpha value is -3.95. The van der Waals surface area contributed by atoms with Crippen LogP contribution >= 0.6 is 11.6 Å². The van der Waals surface area contributed by atoms with Gasteiger partial charge >= 0.3 is 0 Å². The van der Waals surface area contributed by atoms with Crippen molar-refractivity contribution in [3.63, 3.8) is 0 Å². The summed E-state index contributed by atoms with van der Waals surface area (Å²) in [6.07, 6.45) is 2.96. The van der Waals surface area contributed by atoms with Crippen LogP contribution in [0.3, 0.4) is 0 Å². The van der Waals surface area contributed by atoms with Crippen LogP contribution in [0.25, 0.3) is 10.9 Å². The standard InChI is InChI=1S/C27H29ClN6O3/c1-18(15-34(3)25(35)14-29-2)37-24-9-6-8-22-26(24)27(32-17-31-22)33-19-10-11-23(21(28)13-19)36-16-20-7-4-5-12-30-20/h4-13,17-18,29H,14-16H2,1-3H3,(H,31,32,33)/t18-/m1/s1. The molecule has 2 aromatic carbocycles. The average molecular weight is 521 g/mol. The highest BCUT2D eigenvalue weighted by Crippen LogP contribution is 2.34. The number of fused-ring (bicyclic) bond motifs is 1. The van der Waals surface area contributed by atoms with Crippen LogP contribution in [0.15, 0.2) is 67.1 Å². The van der Waals surface area contributed by atoms with Crippen LogP contribution in [0.2, 0.25) is 5.02 Å². The van der Waals surface area contributed by atoms with Gasteiger partial charge < -0.3 is 25.0 Å². The van der Waals surface area contributed by atoms with Crippen molar-refractivity contribution in [1.29, 1.82) is 0 Å². The molecule has 0 saturated carbocycles. The van der Waals surface area contributed by atoms with E-state index in [0.717, 1.165) is 22.3 Å². The predicted octanol–water partition coefficient (Wildman–Crippen LogP) is 4.45. The molecule has 192 valence electrons. The third-order valence-corrected chi connectivity index (χ3v) is 5.83. The van der Waals surface area contributed by atoms with E-state index >= 15 is 0 Å². The number of pyridine rings is 1. The van der Waals surface area contributed by atoms with Gasteiger partial charge in [-0.05, 0) is 56.4 Å². The Morgan fingerprint density at radius 1 is 1.08 bits per heavy atom. The number of anilines is 2. The molecule has 0 aliphatic rings. The summed E-state index contributed by atoms with van der Waals surface area (Å²) >= 11 is 6.50. The van der Waals surface area contributed by atoms with Gasteiger partial charge in [0.1, 0.15) is 36.4 Å². The van der Waals surface area contributed by atoms with Crippen molar-refractivity contribution in [2.24, 2.45) is 0 Å². The fourth-order valence-electron chi connectivity index (χ4n) is 3.77. The second-order valence-electron chi connectivity index (χ2n) is 8.49. The Labute approximate surface area is 220 Å². The molecule has 2 aromatic heterocycles. The predicted molar refractivity (Wildman–Crippen MR) is 144 cm³/mol. The van der Waals surface area contributed by atoms with Crippen LogP contribution in [0.4, 0.5) is 11.5 Å². The summed E-state index contributed by atoms with van der Waals surface area (Å²) in [5.74, 6) is 1.74. The van der Waals surface area contributed by atoms with Gasteiger partial charge in [-0.15, -0.1) is 0 Å². The molecular formula is C27H29ClN6O3. The highest BCUT2D eigenvalue weighted by Gasteiger charge is 2.17. The van der Waals surface area contributed by atoms with Crippen LogP contribution in [0.5, 0.6) is 11.5 Å². The summed E-state index contributed by atoms with van der Waals surface area (Å²) in [6, 6.07) is 16.7. The van der Waals surface area contributed by atoms with E-state index in [4.69, 9.17) is 21.1 Å². The third kappa shape index (κ3) is 6.84. The van der Waals surface area contributed by atoms with Gasteiger partial charge in [-0.2, -0.15) is 0 Å². The zero-order valence-corrected chi connectivity index (χ0v) is 21.7. The summed E-state index contributed by atoms with van der Waals surface area (Å²) in [7, 11) is 3.50. The minimum absolute atomic E-state index is 0.00843. The molecule has 0 aliphatic heterocycles. The number of benzene rings is 2. The Balaban J connectivity index is 1.51. The highest BCUT2D eigenvalue weighted by atomic mass is 35.5. The first-order valence-corrected chi connectivity index (χ1v) is 12.2. The molecule has 0 bridgehead atoms. The van der Waals surface area contributed by atoms with E-state index in [2.05, 4.69) is 25.6 Å². The minimum atomic E-state index is -0.255. The van der Waals surface area contributed by atoms with Crippen LogP contribution in [-0.2, 0) is 11.4 Å². The summed E-state index contributed by atoms with van der Waals surface area (Å²) in [4.78, 5) is 26.9. The van der Waals surface area contributed by atoms with Crippen molar-refractivity contribution in [3.8, 4) is 11.5 Å². The molecule has 2 N–H and O–H groups in total.